The Morgan fingerprint density at radius 3 is 2.45 bits per heavy atom. The summed E-state index contributed by atoms with van der Waals surface area (Å²) < 4.78 is 0. The standard InChI is InChI=1S/C16H30N4/c1-12(2)8-17-9-14-10-18-15(19-13(14)3)20(7)11-16(4,5)6/h10,12,17H,8-9,11H2,1-7H3. The van der Waals surface area contributed by atoms with Crippen LogP contribution in [0, 0.1) is 18.3 Å². The summed E-state index contributed by atoms with van der Waals surface area (Å²) in [4.78, 5) is 11.2. The summed E-state index contributed by atoms with van der Waals surface area (Å²) in [6, 6.07) is 0. The van der Waals surface area contributed by atoms with E-state index in [0.717, 1.165) is 31.3 Å². The summed E-state index contributed by atoms with van der Waals surface area (Å²) in [6.07, 6.45) is 1.95. The van der Waals surface area contributed by atoms with Crippen molar-refractivity contribution < 1.29 is 0 Å². The van der Waals surface area contributed by atoms with Gasteiger partial charge < -0.3 is 10.2 Å². The van der Waals surface area contributed by atoms with Crippen LogP contribution in [0.1, 0.15) is 45.9 Å². The number of rotatable bonds is 6. The van der Waals surface area contributed by atoms with E-state index >= 15 is 0 Å². The molecule has 0 amide bonds. The number of anilines is 1. The van der Waals surface area contributed by atoms with Crippen LogP contribution >= 0.6 is 0 Å². The second kappa shape index (κ2) is 7.02. The molecule has 0 fully saturated rings. The van der Waals surface area contributed by atoms with Crippen molar-refractivity contribution in [1.82, 2.24) is 15.3 Å². The molecule has 0 saturated carbocycles. The highest BCUT2D eigenvalue weighted by Gasteiger charge is 2.16. The van der Waals surface area contributed by atoms with Gasteiger partial charge in [-0.3, -0.25) is 0 Å². The average molecular weight is 278 g/mol. The lowest BCUT2D eigenvalue weighted by Crippen LogP contribution is -2.30. The second-order valence-electron chi connectivity index (χ2n) is 7.22. The molecule has 0 aromatic carbocycles. The Morgan fingerprint density at radius 1 is 1.30 bits per heavy atom. The van der Waals surface area contributed by atoms with Crippen LogP contribution in [-0.4, -0.2) is 30.1 Å². The van der Waals surface area contributed by atoms with Crippen molar-refractivity contribution in [1.29, 1.82) is 0 Å². The monoisotopic (exact) mass is 278 g/mol. The fraction of sp³-hybridized carbons (Fsp3) is 0.750. The zero-order valence-corrected chi connectivity index (χ0v) is 14.1. The summed E-state index contributed by atoms with van der Waals surface area (Å²) in [5.74, 6) is 1.47. The molecule has 0 unspecified atom stereocenters. The fourth-order valence-corrected chi connectivity index (χ4v) is 2.11. The first-order chi connectivity index (χ1) is 9.19. The van der Waals surface area contributed by atoms with Crippen LogP contribution in [0.5, 0.6) is 0 Å². The van der Waals surface area contributed by atoms with Crippen molar-refractivity contribution in [2.75, 3.05) is 25.0 Å². The molecule has 0 aliphatic heterocycles. The molecule has 0 atom stereocenters. The first-order valence-electron chi connectivity index (χ1n) is 7.43. The number of nitrogens with one attached hydrogen (secondary N) is 1. The molecule has 0 aliphatic carbocycles. The molecule has 4 nitrogen and oxygen atoms in total. The minimum atomic E-state index is 0.240. The molecule has 1 rings (SSSR count). The van der Waals surface area contributed by atoms with E-state index in [1.807, 2.05) is 6.20 Å². The summed E-state index contributed by atoms with van der Waals surface area (Å²) in [6.45, 7) is 15.9. The smallest absolute Gasteiger partial charge is 0.225 e. The minimum absolute atomic E-state index is 0.240. The molecule has 0 radical (unpaired) electrons. The molecular formula is C16H30N4. The lowest BCUT2D eigenvalue weighted by Gasteiger charge is -2.26. The molecular weight excluding hydrogens is 248 g/mol. The number of hydrogen-bond acceptors (Lipinski definition) is 4. The van der Waals surface area contributed by atoms with Gasteiger partial charge in [-0.05, 0) is 24.8 Å². The number of aromatic nitrogens is 2. The van der Waals surface area contributed by atoms with Gasteiger partial charge in [-0.2, -0.15) is 0 Å². The lowest BCUT2D eigenvalue weighted by atomic mass is 9.96. The van der Waals surface area contributed by atoms with Crippen molar-refractivity contribution in [2.45, 2.75) is 48.1 Å². The first kappa shape index (κ1) is 16.9. The largest absolute Gasteiger partial charge is 0.343 e. The van der Waals surface area contributed by atoms with Crippen LogP contribution in [0.3, 0.4) is 0 Å². The predicted molar refractivity (Wildman–Crippen MR) is 86.0 cm³/mol. The average Bonchev–Trinajstić information content (AvgIpc) is 2.28. The summed E-state index contributed by atoms with van der Waals surface area (Å²) in [7, 11) is 2.05. The van der Waals surface area contributed by atoms with E-state index in [0.29, 0.717) is 5.92 Å². The van der Waals surface area contributed by atoms with E-state index in [-0.39, 0.29) is 5.41 Å². The Labute approximate surface area is 124 Å². The maximum absolute atomic E-state index is 4.63. The SMILES string of the molecule is Cc1nc(N(C)CC(C)(C)C)ncc1CNCC(C)C. The van der Waals surface area contributed by atoms with Gasteiger partial charge in [-0.25, -0.2) is 9.97 Å². The minimum Gasteiger partial charge on any atom is -0.343 e. The lowest BCUT2D eigenvalue weighted by molar-refractivity contribution is 0.416. The van der Waals surface area contributed by atoms with Gasteiger partial charge in [0.2, 0.25) is 5.95 Å². The molecule has 1 aromatic heterocycles. The van der Waals surface area contributed by atoms with Crippen LogP contribution in [0.25, 0.3) is 0 Å². The van der Waals surface area contributed by atoms with Crippen LogP contribution in [0.4, 0.5) is 5.95 Å². The molecule has 20 heavy (non-hydrogen) atoms. The van der Waals surface area contributed by atoms with Crippen molar-refractivity contribution in [3.8, 4) is 0 Å². The van der Waals surface area contributed by atoms with E-state index in [1.165, 1.54) is 5.56 Å². The Morgan fingerprint density at radius 2 is 1.95 bits per heavy atom. The van der Waals surface area contributed by atoms with Crippen molar-refractivity contribution in [3.05, 3.63) is 17.5 Å². The molecule has 0 bridgehead atoms. The maximum atomic E-state index is 4.63. The number of nitrogens with zero attached hydrogens (tertiary/aromatic N) is 3. The number of hydrogen-bond donors (Lipinski definition) is 1. The fourth-order valence-electron chi connectivity index (χ4n) is 2.11. The van der Waals surface area contributed by atoms with E-state index in [9.17, 15) is 0 Å². The van der Waals surface area contributed by atoms with Crippen LogP contribution in [0.2, 0.25) is 0 Å². The highest BCUT2D eigenvalue weighted by molar-refractivity contribution is 5.32. The highest BCUT2D eigenvalue weighted by atomic mass is 15.2. The zero-order valence-electron chi connectivity index (χ0n) is 14.1. The normalized spacial score (nSPS) is 12.0. The van der Waals surface area contributed by atoms with Crippen molar-refractivity contribution >= 4 is 5.95 Å². The van der Waals surface area contributed by atoms with Crippen LogP contribution in [0.15, 0.2) is 6.20 Å². The maximum Gasteiger partial charge on any atom is 0.225 e. The molecule has 1 heterocycles. The Balaban J connectivity index is 2.67. The molecule has 0 saturated heterocycles. The van der Waals surface area contributed by atoms with E-state index in [2.05, 4.69) is 68.8 Å². The molecule has 114 valence electrons. The van der Waals surface area contributed by atoms with Gasteiger partial charge in [0, 0.05) is 37.6 Å². The molecule has 0 spiro atoms. The highest BCUT2D eigenvalue weighted by Crippen LogP contribution is 2.18. The molecule has 0 aliphatic rings. The number of aryl methyl sites for hydroxylation is 1. The summed E-state index contributed by atoms with van der Waals surface area (Å²) in [5.41, 5.74) is 2.48. The summed E-state index contributed by atoms with van der Waals surface area (Å²) >= 11 is 0. The van der Waals surface area contributed by atoms with E-state index in [4.69, 9.17) is 0 Å². The third kappa shape index (κ3) is 5.87. The topological polar surface area (TPSA) is 41.1 Å². The summed E-state index contributed by atoms with van der Waals surface area (Å²) in [5, 5.41) is 3.44. The molecule has 1 N–H and O–H groups in total. The van der Waals surface area contributed by atoms with Gasteiger partial charge in [-0.15, -0.1) is 0 Å². The van der Waals surface area contributed by atoms with Gasteiger partial charge in [0.1, 0.15) is 0 Å². The van der Waals surface area contributed by atoms with Gasteiger partial charge in [-0.1, -0.05) is 34.6 Å². The van der Waals surface area contributed by atoms with Gasteiger partial charge >= 0.3 is 0 Å². The Hall–Kier alpha value is -1.16. The van der Waals surface area contributed by atoms with Gasteiger partial charge in [0.05, 0.1) is 0 Å². The van der Waals surface area contributed by atoms with Gasteiger partial charge in [0.25, 0.3) is 0 Å². The Bertz CT molecular complexity index is 421. The third-order valence-corrected chi connectivity index (χ3v) is 2.99. The Kier molecular flexibility index (Phi) is 5.93. The first-order valence-corrected chi connectivity index (χ1v) is 7.43. The zero-order chi connectivity index (χ0) is 15.3. The van der Waals surface area contributed by atoms with Crippen LogP contribution in [-0.2, 0) is 6.54 Å². The van der Waals surface area contributed by atoms with Gasteiger partial charge in [0.15, 0.2) is 0 Å². The third-order valence-electron chi connectivity index (χ3n) is 2.99. The van der Waals surface area contributed by atoms with Crippen molar-refractivity contribution in [3.63, 3.8) is 0 Å². The molecule has 1 aromatic rings. The molecule has 4 heteroatoms. The second-order valence-corrected chi connectivity index (χ2v) is 7.22. The predicted octanol–water partition coefficient (Wildman–Crippen LogP) is 3.01. The van der Waals surface area contributed by atoms with E-state index in [1.54, 1.807) is 0 Å². The van der Waals surface area contributed by atoms with Crippen LogP contribution < -0.4 is 10.2 Å². The van der Waals surface area contributed by atoms with Crippen molar-refractivity contribution in [2.24, 2.45) is 11.3 Å². The quantitative estimate of drug-likeness (QED) is 0.868. The van der Waals surface area contributed by atoms with E-state index < -0.39 is 0 Å².